The molecule has 0 aliphatic carbocycles. The highest BCUT2D eigenvalue weighted by Gasteiger charge is 2.22. The van der Waals surface area contributed by atoms with Gasteiger partial charge in [0.05, 0.1) is 18.7 Å². The number of rotatable bonds is 9. The maximum absolute atomic E-state index is 12.0. The Labute approximate surface area is 145 Å². The number of carbonyl (C=O) groups excluding carboxylic acids is 1. The van der Waals surface area contributed by atoms with Crippen molar-refractivity contribution in [3.05, 3.63) is 53.7 Å². The Morgan fingerprint density at radius 1 is 1.33 bits per heavy atom. The molecule has 0 saturated heterocycles. The molecule has 2 rings (SSSR count). The van der Waals surface area contributed by atoms with Crippen LogP contribution in [0.4, 0.5) is 0 Å². The highest BCUT2D eigenvalue weighted by Crippen LogP contribution is 2.28. The van der Waals surface area contributed by atoms with E-state index >= 15 is 0 Å². The second kappa shape index (κ2) is 9.37. The predicted molar refractivity (Wildman–Crippen MR) is 92.9 cm³/mol. The molecule has 1 N–H and O–H groups in total. The molecule has 24 heavy (non-hydrogen) atoms. The van der Waals surface area contributed by atoms with Crippen molar-refractivity contribution in [2.24, 2.45) is 0 Å². The summed E-state index contributed by atoms with van der Waals surface area (Å²) in [4.78, 5) is 16.2. The van der Waals surface area contributed by atoms with E-state index in [1.54, 1.807) is 36.5 Å². The molecule has 0 aliphatic heterocycles. The Hall–Kier alpha value is -1.95. The van der Waals surface area contributed by atoms with Gasteiger partial charge in [0.2, 0.25) is 0 Å². The zero-order valence-corrected chi connectivity index (χ0v) is 14.0. The van der Waals surface area contributed by atoms with Gasteiger partial charge in [0.1, 0.15) is 0 Å². The van der Waals surface area contributed by atoms with Gasteiger partial charge >= 0.3 is 5.97 Å². The Bertz CT molecular complexity index is 704. The highest BCUT2D eigenvalue weighted by atomic mass is 35.5. The summed E-state index contributed by atoms with van der Waals surface area (Å²) in [6.07, 6.45) is 3.30. The number of nitrogens with zero attached hydrogens (tertiary/aromatic N) is 1. The second-order valence-electron chi connectivity index (χ2n) is 5.18. The van der Waals surface area contributed by atoms with E-state index in [2.05, 4.69) is 11.6 Å². The lowest BCUT2D eigenvalue weighted by Crippen LogP contribution is -2.17. The van der Waals surface area contributed by atoms with Crippen LogP contribution in [0.25, 0.3) is 10.9 Å². The first-order valence-corrected chi connectivity index (χ1v) is 8.09. The predicted octanol–water partition coefficient (Wildman–Crippen LogP) is 3.45. The number of hydrogen-bond acceptors (Lipinski definition) is 5. The number of halogens is 1. The molecule has 1 unspecified atom stereocenters. The number of carbonyl (C=O) groups is 1. The Balaban J connectivity index is 1.92. The normalized spacial score (nSPS) is 12.1. The third kappa shape index (κ3) is 4.77. The third-order valence-electron chi connectivity index (χ3n) is 3.43. The monoisotopic (exact) mass is 349 g/mol. The molecule has 0 saturated carbocycles. The average Bonchev–Trinajstić information content (AvgIpc) is 2.61. The molecule has 1 aromatic heterocycles. The number of ether oxygens (including phenoxy) is 2. The summed E-state index contributed by atoms with van der Waals surface area (Å²) >= 11 is 6.11. The van der Waals surface area contributed by atoms with Gasteiger partial charge in [0.15, 0.2) is 6.10 Å². The molecule has 1 atom stereocenters. The molecular weight excluding hydrogens is 330 g/mol. The Morgan fingerprint density at radius 3 is 2.92 bits per heavy atom. The van der Waals surface area contributed by atoms with Gasteiger partial charge < -0.3 is 14.6 Å². The first-order valence-electron chi connectivity index (χ1n) is 7.71. The molecule has 1 aromatic carbocycles. The van der Waals surface area contributed by atoms with E-state index < -0.39 is 12.1 Å². The smallest absolute Gasteiger partial charge is 0.339 e. The number of benzene rings is 1. The minimum absolute atomic E-state index is 0.228. The summed E-state index contributed by atoms with van der Waals surface area (Å²) in [6.45, 7) is 4.88. The van der Waals surface area contributed by atoms with Crippen molar-refractivity contribution < 1.29 is 19.4 Å². The van der Waals surface area contributed by atoms with Crippen LogP contribution in [-0.2, 0) is 14.3 Å². The SMILES string of the molecule is C=CCOCCCCOC(=O)C(O)c1ccc(Cl)c2cccnc12. The molecule has 0 radical (unpaired) electrons. The average molecular weight is 350 g/mol. The number of aromatic nitrogens is 1. The minimum atomic E-state index is -1.39. The highest BCUT2D eigenvalue weighted by molar-refractivity contribution is 6.35. The van der Waals surface area contributed by atoms with Gasteiger partial charge in [-0.25, -0.2) is 4.79 Å². The maximum Gasteiger partial charge on any atom is 0.339 e. The number of aliphatic hydroxyl groups excluding tert-OH is 1. The van der Waals surface area contributed by atoms with Gasteiger partial charge in [0, 0.05) is 28.8 Å². The van der Waals surface area contributed by atoms with Crippen molar-refractivity contribution in [1.29, 1.82) is 0 Å². The number of pyridine rings is 1. The lowest BCUT2D eigenvalue weighted by Gasteiger charge is -2.13. The van der Waals surface area contributed by atoms with Crippen molar-refractivity contribution in [3.8, 4) is 0 Å². The summed E-state index contributed by atoms with van der Waals surface area (Å²) in [5.74, 6) is -0.698. The fourth-order valence-electron chi connectivity index (χ4n) is 2.23. The first kappa shape index (κ1) is 18.4. The maximum atomic E-state index is 12.0. The van der Waals surface area contributed by atoms with Crippen LogP contribution in [0.5, 0.6) is 0 Å². The van der Waals surface area contributed by atoms with E-state index in [1.807, 2.05) is 0 Å². The molecule has 0 amide bonds. The van der Waals surface area contributed by atoms with E-state index in [0.717, 1.165) is 6.42 Å². The van der Waals surface area contributed by atoms with Gasteiger partial charge in [-0.05, 0) is 31.0 Å². The van der Waals surface area contributed by atoms with Gasteiger partial charge in [-0.1, -0.05) is 23.7 Å². The van der Waals surface area contributed by atoms with Crippen LogP contribution < -0.4 is 0 Å². The summed E-state index contributed by atoms with van der Waals surface area (Å²) in [6, 6.07) is 6.76. The number of esters is 1. The largest absolute Gasteiger partial charge is 0.464 e. The van der Waals surface area contributed by atoms with E-state index in [9.17, 15) is 9.90 Å². The van der Waals surface area contributed by atoms with Crippen LogP contribution in [-0.4, -0.2) is 35.9 Å². The summed E-state index contributed by atoms with van der Waals surface area (Å²) in [5.41, 5.74) is 0.876. The molecule has 0 fully saturated rings. The van der Waals surface area contributed by atoms with Gasteiger partial charge in [0.25, 0.3) is 0 Å². The summed E-state index contributed by atoms with van der Waals surface area (Å²) in [7, 11) is 0. The van der Waals surface area contributed by atoms with Crippen LogP contribution in [0.3, 0.4) is 0 Å². The fourth-order valence-corrected chi connectivity index (χ4v) is 2.45. The number of fused-ring (bicyclic) bond motifs is 1. The number of unbranched alkanes of at least 4 members (excludes halogenated alkanes) is 1. The van der Waals surface area contributed by atoms with Crippen LogP contribution in [0.1, 0.15) is 24.5 Å². The van der Waals surface area contributed by atoms with E-state index in [4.69, 9.17) is 21.1 Å². The molecule has 1 heterocycles. The Kier molecular flexibility index (Phi) is 7.18. The second-order valence-corrected chi connectivity index (χ2v) is 5.58. The third-order valence-corrected chi connectivity index (χ3v) is 3.76. The molecule has 5 nitrogen and oxygen atoms in total. The van der Waals surface area contributed by atoms with Gasteiger partial charge in [-0.15, -0.1) is 6.58 Å². The van der Waals surface area contributed by atoms with Crippen molar-refractivity contribution in [2.45, 2.75) is 18.9 Å². The van der Waals surface area contributed by atoms with Crippen molar-refractivity contribution >= 4 is 28.5 Å². The van der Waals surface area contributed by atoms with Gasteiger partial charge in [-0.3, -0.25) is 4.98 Å². The van der Waals surface area contributed by atoms with E-state index in [1.165, 1.54) is 0 Å². The summed E-state index contributed by atoms with van der Waals surface area (Å²) in [5, 5.41) is 11.5. The molecule has 2 aromatic rings. The molecule has 128 valence electrons. The van der Waals surface area contributed by atoms with Crippen molar-refractivity contribution in [1.82, 2.24) is 4.98 Å². The lowest BCUT2D eigenvalue weighted by molar-refractivity contribution is -0.154. The Morgan fingerprint density at radius 2 is 2.12 bits per heavy atom. The quantitative estimate of drug-likeness (QED) is 0.426. The van der Waals surface area contributed by atoms with Crippen LogP contribution in [0.15, 0.2) is 43.1 Å². The zero-order valence-electron chi connectivity index (χ0n) is 13.3. The summed E-state index contributed by atoms with van der Waals surface area (Å²) < 4.78 is 10.4. The van der Waals surface area contributed by atoms with Crippen LogP contribution in [0.2, 0.25) is 5.02 Å². The zero-order chi connectivity index (χ0) is 17.4. The minimum Gasteiger partial charge on any atom is -0.464 e. The fraction of sp³-hybridized carbons (Fsp3) is 0.333. The first-order chi connectivity index (χ1) is 11.6. The molecule has 0 aliphatic rings. The molecular formula is C18H20ClNO4. The molecule has 6 heteroatoms. The van der Waals surface area contributed by atoms with Crippen molar-refractivity contribution in [2.75, 3.05) is 19.8 Å². The molecule has 0 bridgehead atoms. The lowest BCUT2D eigenvalue weighted by atomic mass is 10.0. The standard InChI is InChI=1S/C18H20ClNO4/c1-2-10-23-11-3-4-12-24-18(22)17(21)14-7-8-15(19)13-6-5-9-20-16(13)14/h2,5-9,17,21H,1,3-4,10-12H2. The number of aliphatic hydroxyl groups is 1. The van der Waals surface area contributed by atoms with Gasteiger partial charge in [-0.2, -0.15) is 0 Å². The number of hydrogen-bond donors (Lipinski definition) is 1. The van der Waals surface area contributed by atoms with E-state index in [-0.39, 0.29) is 6.61 Å². The molecule has 0 spiro atoms. The topological polar surface area (TPSA) is 68.7 Å². The van der Waals surface area contributed by atoms with Crippen LogP contribution >= 0.6 is 11.6 Å². The van der Waals surface area contributed by atoms with E-state index in [0.29, 0.717) is 41.1 Å². The van der Waals surface area contributed by atoms with Crippen LogP contribution in [0, 0.1) is 0 Å². The van der Waals surface area contributed by atoms with Crippen molar-refractivity contribution in [3.63, 3.8) is 0 Å².